The second-order valence-corrected chi connectivity index (χ2v) is 4.52. The lowest BCUT2D eigenvalue weighted by Crippen LogP contribution is -2.23. The molecule has 1 aromatic heterocycles. The molecule has 0 aliphatic carbocycles. The maximum atomic E-state index is 11.6. The summed E-state index contributed by atoms with van der Waals surface area (Å²) in [5, 5.41) is 9.65. The summed E-state index contributed by atoms with van der Waals surface area (Å²) in [7, 11) is 0. The number of hydrogen-bond donors (Lipinski definition) is 3. The minimum Gasteiger partial charge on any atom is -0.352 e. The van der Waals surface area contributed by atoms with Gasteiger partial charge in [0.25, 0.3) is 0 Å². The summed E-state index contributed by atoms with van der Waals surface area (Å²) in [6, 6.07) is 0. The monoisotopic (exact) mass is 238 g/mol. The van der Waals surface area contributed by atoms with Crippen molar-refractivity contribution in [3.8, 4) is 0 Å². The number of aromatic amines is 1. The quantitative estimate of drug-likeness (QED) is 0.665. The van der Waals surface area contributed by atoms with Crippen molar-refractivity contribution < 1.29 is 4.79 Å². The van der Waals surface area contributed by atoms with E-state index in [4.69, 9.17) is 5.73 Å². The van der Waals surface area contributed by atoms with Gasteiger partial charge in [-0.1, -0.05) is 6.92 Å². The van der Waals surface area contributed by atoms with Gasteiger partial charge in [-0.25, -0.2) is 0 Å². The molecule has 96 valence electrons. The Labute approximate surface area is 102 Å². The predicted octanol–water partition coefficient (Wildman–Crippen LogP) is 1.10. The lowest BCUT2D eigenvalue weighted by molar-refractivity contribution is -0.121. The van der Waals surface area contributed by atoms with Crippen molar-refractivity contribution in [3.05, 3.63) is 17.5 Å². The summed E-state index contributed by atoms with van der Waals surface area (Å²) in [6.07, 6.45) is 4.19. The first-order valence-corrected chi connectivity index (χ1v) is 6.09. The maximum Gasteiger partial charge on any atom is 0.220 e. The average molecular weight is 238 g/mol. The van der Waals surface area contributed by atoms with Crippen LogP contribution in [0.15, 0.2) is 6.20 Å². The Morgan fingerprint density at radius 3 is 2.94 bits per heavy atom. The largest absolute Gasteiger partial charge is 0.352 e. The molecule has 1 aromatic rings. The molecule has 0 spiro atoms. The number of carbonyl (C=O) groups is 1. The van der Waals surface area contributed by atoms with Gasteiger partial charge in [-0.05, 0) is 32.2 Å². The zero-order chi connectivity index (χ0) is 12.7. The minimum atomic E-state index is 0.0921. The van der Waals surface area contributed by atoms with Gasteiger partial charge in [0.05, 0.1) is 6.20 Å². The first kappa shape index (κ1) is 13.7. The summed E-state index contributed by atoms with van der Waals surface area (Å²) >= 11 is 0. The van der Waals surface area contributed by atoms with Gasteiger partial charge in [0, 0.05) is 24.2 Å². The molecule has 0 fully saturated rings. The van der Waals surface area contributed by atoms with E-state index in [-0.39, 0.29) is 5.91 Å². The van der Waals surface area contributed by atoms with Gasteiger partial charge in [0.15, 0.2) is 0 Å². The van der Waals surface area contributed by atoms with Gasteiger partial charge in [-0.3, -0.25) is 9.89 Å². The molecule has 0 aliphatic heterocycles. The van der Waals surface area contributed by atoms with Gasteiger partial charge in [-0.2, -0.15) is 5.10 Å². The minimum absolute atomic E-state index is 0.0921. The van der Waals surface area contributed by atoms with Crippen LogP contribution in [-0.4, -0.2) is 22.6 Å². The molecule has 4 N–H and O–H groups in total. The molecule has 0 bridgehead atoms. The number of amides is 1. The molecule has 1 atom stereocenters. The smallest absolute Gasteiger partial charge is 0.220 e. The summed E-state index contributed by atoms with van der Waals surface area (Å²) < 4.78 is 0. The lowest BCUT2D eigenvalue weighted by Gasteiger charge is -2.09. The first-order chi connectivity index (χ1) is 8.13. The van der Waals surface area contributed by atoms with Crippen LogP contribution in [0.1, 0.15) is 37.4 Å². The molecular weight excluding hydrogens is 216 g/mol. The third-order valence-electron chi connectivity index (χ3n) is 2.93. The summed E-state index contributed by atoms with van der Waals surface area (Å²) in [5.41, 5.74) is 7.50. The van der Waals surface area contributed by atoms with Crippen molar-refractivity contribution in [1.29, 1.82) is 0 Å². The molecule has 5 nitrogen and oxygen atoms in total. The van der Waals surface area contributed by atoms with Crippen LogP contribution < -0.4 is 11.1 Å². The Hall–Kier alpha value is -1.36. The van der Waals surface area contributed by atoms with Crippen LogP contribution in [0.3, 0.4) is 0 Å². The van der Waals surface area contributed by atoms with Crippen molar-refractivity contribution in [2.75, 3.05) is 6.54 Å². The Balaban J connectivity index is 2.20. The van der Waals surface area contributed by atoms with Crippen LogP contribution >= 0.6 is 0 Å². The number of aromatic nitrogens is 2. The molecule has 5 heteroatoms. The highest BCUT2D eigenvalue weighted by atomic mass is 16.1. The fourth-order valence-corrected chi connectivity index (χ4v) is 1.64. The second kappa shape index (κ2) is 7.06. The van der Waals surface area contributed by atoms with E-state index in [1.807, 2.05) is 6.92 Å². The van der Waals surface area contributed by atoms with E-state index in [9.17, 15) is 4.79 Å². The summed E-state index contributed by atoms with van der Waals surface area (Å²) in [6.45, 7) is 5.31. The molecule has 1 rings (SSSR count). The Morgan fingerprint density at radius 1 is 1.59 bits per heavy atom. The van der Waals surface area contributed by atoms with E-state index >= 15 is 0 Å². The number of hydrogen-bond acceptors (Lipinski definition) is 3. The van der Waals surface area contributed by atoms with Crippen LogP contribution in [0, 0.1) is 12.8 Å². The fraction of sp³-hybridized carbons (Fsp3) is 0.667. The van der Waals surface area contributed by atoms with E-state index in [1.165, 1.54) is 0 Å². The third-order valence-corrected chi connectivity index (χ3v) is 2.93. The topological polar surface area (TPSA) is 83.8 Å². The third kappa shape index (κ3) is 4.99. The zero-order valence-corrected chi connectivity index (χ0v) is 10.6. The van der Waals surface area contributed by atoms with Gasteiger partial charge in [0.2, 0.25) is 5.91 Å². The average Bonchev–Trinajstić information content (AvgIpc) is 2.70. The standard InChI is InChI=1S/C12H22N4O/c1-9(5-6-13)3-4-12(17)14-7-11-8-15-16-10(11)2/h8-9H,3-7,13H2,1-2H3,(H,14,17)(H,15,16). The Bertz CT molecular complexity index is 348. The fourth-order valence-electron chi connectivity index (χ4n) is 1.64. The highest BCUT2D eigenvalue weighted by Crippen LogP contribution is 2.09. The number of carbonyl (C=O) groups excluding carboxylic acids is 1. The highest BCUT2D eigenvalue weighted by molar-refractivity contribution is 5.75. The molecular formula is C12H22N4O. The molecule has 1 unspecified atom stereocenters. The molecule has 0 aliphatic rings. The van der Waals surface area contributed by atoms with Crippen LogP contribution in [0.25, 0.3) is 0 Å². The van der Waals surface area contributed by atoms with Crippen LogP contribution in [0.2, 0.25) is 0 Å². The number of nitrogens with two attached hydrogens (primary N) is 1. The molecule has 1 amide bonds. The van der Waals surface area contributed by atoms with E-state index in [1.54, 1.807) is 6.20 Å². The number of H-pyrrole nitrogens is 1. The van der Waals surface area contributed by atoms with Gasteiger partial charge in [-0.15, -0.1) is 0 Å². The summed E-state index contributed by atoms with van der Waals surface area (Å²) in [4.78, 5) is 11.6. The maximum absolute atomic E-state index is 11.6. The number of rotatable bonds is 7. The molecule has 0 radical (unpaired) electrons. The van der Waals surface area contributed by atoms with Crippen molar-refractivity contribution >= 4 is 5.91 Å². The highest BCUT2D eigenvalue weighted by Gasteiger charge is 2.07. The van der Waals surface area contributed by atoms with Crippen LogP contribution in [0.4, 0.5) is 0 Å². The SMILES string of the molecule is Cc1[nH]ncc1CNC(=O)CCC(C)CCN. The number of nitrogens with zero attached hydrogens (tertiary/aromatic N) is 1. The van der Waals surface area contributed by atoms with Crippen LogP contribution in [-0.2, 0) is 11.3 Å². The second-order valence-electron chi connectivity index (χ2n) is 4.52. The lowest BCUT2D eigenvalue weighted by atomic mass is 10.0. The van der Waals surface area contributed by atoms with Gasteiger partial charge < -0.3 is 11.1 Å². The van der Waals surface area contributed by atoms with E-state index < -0.39 is 0 Å². The molecule has 0 aromatic carbocycles. The van der Waals surface area contributed by atoms with Gasteiger partial charge in [0.1, 0.15) is 0 Å². The first-order valence-electron chi connectivity index (χ1n) is 6.09. The predicted molar refractivity (Wildman–Crippen MR) is 67.2 cm³/mol. The molecule has 0 saturated heterocycles. The summed E-state index contributed by atoms with van der Waals surface area (Å²) in [5.74, 6) is 0.607. The van der Waals surface area contributed by atoms with Crippen molar-refractivity contribution in [1.82, 2.24) is 15.5 Å². The Kier molecular flexibility index (Phi) is 5.69. The Morgan fingerprint density at radius 2 is 2.35 bits per heavy atom. The normalized spacial score (nSPS) is 12.4. The molecule has 0 saturated carbocycles. The van der Waals surface area contributed by atoms with Crippen molar-refractivity contribution in [3.63, 3.8) is 0 Å². The number of aryl methyl sites for hydroxylation is 1. The van der Waals surface area contributed by atoms with E-state index in [0.717, 1.165) is 24.1 Å². The van der Waals surface area contributed by atoms with E-state index in [0.29, 0.717) is 25.4 Å². The van der Waals surface area contributed by atoms with Crippen molar-refractivity contribution in [2.45, 2.75) is 39.7 Å². The van der Waals surface area contributed by atoms with E-state index in [2.05, 4.69) is 22.4 Å². The molecule has 17 heavy (non-hydrogen) atoms. The number of nitrogens with one attached hydrogen (secondary N) is 2. The van der Waals surface area contributed by atoms with Gasteiger partial charge >= 0.3 is 0 Å². The van der Waals surface area contributed by atoms with Crippen LogP contribution in [0.5, 0.6) is 0 Å². The van der Waals surface area contributed by atoms with Crippen molar-refractivity contribution in [2.24, 2.45) is 11.7 Å². The zero-order valence-electron chi connectivity index (χ0n) is 10.6. The molecule has 1 heterocycles.